The van der Waals surface area contributed by atoms with Crippen LogP contribution >= 0.6 is 0 Å². The van der Waals surface area contributed by atoms with E-state index >= 15 is 0 Å². The maximum atomic E-state index is 12.1. The van der Waals surface area contributed by atoms with E-state index in [1.54, 1.807) is 0 Å². The van der Waals surface area contributed by atoms with E-state index in [0.717, 1.165) is 24.8 Å². The summed E-state index contributed by atoms with van der Waals surface area (Å²) in [5.74, 6) is 0.0135. The average Bonchev–Trinajstić information content (AvgIpc) is 2.74. The molecule has 0 aliphatic heterocycles. The van der Waals surface area contributed by atoms with Crippen molar-refractivity contribution in [3.63, 3.8) is 0 Å². The first-order valence-corrected chi connectivity index (χ1v) is 7.03. The lowest BCUT2D eigenvalue weighted by molar-refractivity contribution is 0.0937. The van der Waals surface area contributed by atoms with Crippen LogP contribution in [0.5, 0.6) is 0 Å². The summed E-state index contributed by atoms with van der Waals surface area (Å²) in [4.78, 5) is 12.1. The first-order valence-electron chi connectivity index (χ1n) is 7.03. The van der Waals surface area contributed by atoms with E-state index in [-0.39, 0.29) is 23.4 Å². The predicted molar refractivity (Wildman–Crippen MR) is 78.2 cm³/mol. The van der Waals surface area contributed by atoms with Gasteiger partial charge < -0.3 is 11.1 Å². The summed E-state index contributed by atoms with van der Waals surface area (Å²) in [7, 11) is 0. The average molecular weight is 260 g/mol. The summed E-state index contributed by atoms with van der Waals surface area (Å²) < 4.78 is 0. The van der Waals surface area contributed by atoms with Gasteiger partial charge >= 0.3 is 0 Å². The molecule has 3 heteroatoms. The summed E-state index contributed by atoms with van der Waals surface area (Å²) in [6.07, 6.45) is 2.90. The molecule has 19 heavy (non-hydrogen) atoms. The van der Waals surface area contributed by atoms with E-state index in [2.05, 4.69) is 26.1 Å². The molecule has 3 N–H and O–H groups in total. The molecule has 1 aliphatic rings. The van der Waals surface area contributed by atoms with Crippen LogP contribution in [0.25, 0.3) is 0 Å². The number of hydrogen-bond donors (Lipinski definition) is 2. The van der Waals surface area contributed by atoms with Crippen molar-refractivity contribution < 1.29 is 4.79 Å². The van der Waals surface area contributed by atoms with Crippen LogP contribution < -0.4 is 11.1 Å². The third kappa shape index (κ3) is 3.57. The largest absolute Gasteiger partial charge is 0.349 e. The van der Waals surface area contributed by atoms with Gasteiger partial charge in [0.2, 0.25) is 0 Å². The molecule has 2 unspecified atom stereocenters. The highest BCUT2D eigenvalue weighted by molar-refractivity contribution is 5.94. The highest BCUT2D eigenvalue weighted by Crippen LogP contribution is 2.22. The van der Waals surface area contributed by atoms with Gasteiger partial charge in [0.05, 0.1) is 0 Å². The molecule has 2 atom stereocenters. The number of carbonyl (C=O) groups is 1. The quantitative estimate of drug-likeness (QED) is 0.858. The van der Waals surface area contributed by atoms with Crippen molar-refractivity contribution in [2.75, 3.05) is 0 Å². The molecule has 1 saturated carbocycles. The first-order chi connectivity index (χ1) is 8.86. The number of nitrogens with two attached hydrogens (primary N) is 1. The molecular formula is C16H24N2O. The zero-order chi connectivity index (χ0) is 14.0. The van der Waals surface area contributed by atoms with Gasteiger partial charge in [0.25, 0.3) is 5.91 Å². The minimum absolute atomic E-state index is 0.0135. The minimum Gasteiger partial charge on any atom is -0.349 e. The molecule has 1 aromatic rings. The van der Waals surface area contributed by atoms with E-state index in [1.807, 2.05) is 24.3 Å². The fraction of sp³-hybridized carbons (Fsp3) is 0.562. The van der Waals surface area contributed by atoms with Crippen LogP contribution in [0.15, 0.2) is 24.3 Å². The smallest absolute Gasteiger partial charge is 0.251 e. The predicted octanol–water partition coefficient (Wildman–Crippen LogP) is 2.59. The number of nitrogens with one attached hydrogen (secondary N) is 1. The standard InChI is InChI=1S/C16H24N2O/c1-16(2,3)12-6-4-11(5-7-12)15(19)18-14-9-8-13(17)10-14/h4-7,13-14H,8-10,17H2,1-3H3,(H,18,19). The molecule has 0 bridgehead atoms. The van der Waals surface area contributed by atoms with Crippen molar-refractivity contribution in [1.82, 2.24) is 5.32 Å². The summed E-state index contributed by atoms with van der Waals surface area (Å²) in [6, 6.07) is 8.37. The van der Waals surface area contributed by atoms with Gasteiger partial charge in [0.1, 0.15) is 0 Å². The highest BCUT2D eigenvalue weighted by atomic mass is 16.1. The van der Waals surface area contributed by atoms with Gasteiger partial charge in [0, 0.05) is 17.6 Å². The molecule has 0 saturated heterocycles. The van der Waals surface area contributed by atoms with E-state index in [1.165, 1.54) is 5.56 Å². The zero-order valence-electron chi connectivity index (χ0n) is 12.1. The summed E-state index contributed by atoms with van der Waals surface area (Å²) >= 11 is 0. The number of rotatable bonds is 2. The third-order valence-electron chi connectivity index (χ3n) is 3.82. The lowest BCUT2D eigenvalue weighted by Gasteiger charge is -2.19. The molecule has 1 aliphatic carbocycles. The molecule has 104 valence electrons. The summed E-state index contributed by atoms with van der Waals surface area (Å²) in [6.45, 7) is 6.51. The molecule has 3 nitrogen and oxygen atoms in total. The Hall–Kier alpha value is -1.35. The molecule has 1 amide bonds. The number of benzene rings is 1. The Kier molecular flexibility index (Phi) is 3.95. The second kappa shape index (κ2) is 5.33. The van der Waals surface area contributed by atoms with E-state index in [4.69, 9.17) is 5.73 Å². The summed E-state index contributed by atoms with van der Waals surface area (Å²) in [5, 5.41) is 3.06. The number of hydrogen-bond acceptors (Lipinski definition) is 2. The molecular weight excluding hydrogens is 236 g/mol. The minimum atomic E-state index is 0.0135. The fourth-order valence-electron chi connectivity index (χ4n) is 2.54. The van der Waals surface area contributed by atoms with Gasteiger partial charge in [0.15, 0.2) is 0 Å². The van der Waals surface area contributed by atoms with E-state index < -0.39 is 0 Å². The van der Waals surface area contributed by atoms with Gasteiger partial charge in [-0.15, -0.1) is 0 Å². The van der Waals surface area contributed by atoms with Gasteiger partial charge in [-0.2, -0.15) is 0 Å². The van der Waals surface area contributed by atoms with Gasteiger partial charge in [-0.1, -0.05) is 32.9 Å². The normalized spacial score (nSPS) is 23.4. The Bertz CT molecular complexity index is 445. The van der Waals surface area contributed by atoms with E-state index in [0.29, 0.717) is 0 Å². The molecule has 2 rings (SSSR count). The maximum absolute atomic E-state index is 12.1. The molecule has 0 aromatic heterocycles. The van der Waals surface area contributed by atoms with Crippen LogP contribution in [0.4, 0.5) is 0 Å². The Morgan fingerprint density at radius 1 is 1.21 bits per heavy atom. The van der Waals surface area contributed by atoms with Crippen LogP contribution in [0.3, 0.4) is 0 Å². The SMILES string of the molecule is CC(C)(C)c1ccc(C(=O)NC2CCC(N)C2)cc1. The van der Waals surface area contributed by atoms with Crippen molar-refractivity contribution in [2.45, 2.75) is 57.5 Å². The highest BCUT2D eigenvalue weighted by Gasteiger charge is 2.23. The van der Waals surface area contributed by atoms with Crippen molar-refractivity contribution >= 4 is 5.91 Å². The second-order valence-corrected chi connectivity index (χ2v) is 6.57. The van der Waals surface area contributed by atoms with Crippen LogP contribution in [0.1, 0.15) is 56.0 Å². The van der Waals surface area contributed by atoms with Crippen LogP contribution in [0, 0.1) is 0 Å². The van der Waals surface area contributed by atoms with Crippen molar-refractivity contribution in [3.8, 4) is 0 Å². The zero-order valence-corrected chi connectivity index (χ0v) is 12.1. The Morgan fingerprint density at radius 2 is 1.84 bits per heavy atom. The molecule has 1 aromatic carbocycles. The van der Waals surface area contributed by atoms with Crippen LogP contribution in [-0.2, 0) is 5.41 Å². The third-order valence-corrected chi connectivity index (χ3v) is 3.82. The van der Waals surface area contributed by atoms with Gasteiger partial charge in [-0.3, -0.25) is 4.79 Å². The Morgan fingerprint density at radius 3 is 2.32 bits per heavy atom. The molecule has 0 radical (unpaired) electrons. The van der Waals surface area contributed by atoms with Gasteiger partial charge in [-0.05, 0) is 42.4 Å². The topological polar surface area (TPSA) is 55.1 Å². The first kappa shape index (κ1) is 14.1. The van der Waals surface area contributed by atoms with Crippen molar-refractivity contribution in [2.24, 2.45) is 5.73 Å². The lowest BCUT2D eigenvalue weighted by atomic mass is 9.86. The monoisotopic (exact) mass is 260 g/mol. The Balaban J connectivity index is 2.00. The molecule has 1 fully saturated rings. The maximum Gasteiger partial charge on any atom is 0.251 e. The number of carbonyl (C=O) groups excluding carboxylic acids is 1. The lowest BCUT2D eigenvalue weighted by Crippen LogP contribution is -2.34. The molecule has 0 spiro atoms. The van der Waals surface area contributed by atoms with Crippen LogP contribution in [-0.4, -0.2) is 18.0 Å². The second-order valence-electron chi connectivity index (χ2n) is 6.57. The van der Waals surface area contributed by atoms with Crippen molar-refractivity contribution in [3.05, 3.63) is 35.4 Å². The number of amides is 1. The molecule has 0 heterocycles. The Labute approximate surface area is 115 Å². The van der Waals surface area contributed by atoms with Crippen molar-refractivity contribution in [1.29, 1.82) is 0 Å². The van der Waals surface area contributed by atoms with Crippen LogP contribution in [0.2, 0.25) is 0 Å². The fourth-order valence-corrected chi connectivity index (χ4v) is 2.54. The summed E-state index contributed by atoms with van der Waals surface area (Å²) in [5.41, 5.74) is 7.95. The van der Waals surface area contributed by atoms with Gasteiger partial charge in [-0.25, -0.2) is 0 Å². The van der Waals surface area contributed by atoms with E-state index in [9.17, 15) is 4.79 Å².